The first-order chi connectivity index (χ1) is 11.0. The second-order valence-electron chi connectivity index (χ2n) is 6.53. The largest absolute Gasteiger partial charge is 0.484 e. The number of benzene rings is 1. The summed E-state index contributed by atoms with van der Waals surface area (Å²) in [6.45, 7) is 6.31. The summed E-state index contributed by atoms with van der Waals surface area (Å²) in [7, 11) is 0. The first-order valence-corrected chi connectivity index (χ1v) is 8.56. The molecule has 1 amide bonds. The Morgan fingerprint density at radius 1 is 1.17 bits per heavy atom. The number of carbonyl (C=O) groups excluding carboxylic acids is 2. The SMILES string of the molecule is CCC(=O)c1ccc(OCC(=O)N[C@H]2CCC[C@H](C)[C@@H]2C)cc1. The molecule has 126 valence electrons. The van der Waals surface area contributed by atoms with E-state index in [0.717, 1.165) is 6.42 Å². The Labute approximate surface area is 138 Å². The number of amides is 1. The lowest BCUT2D eigenvalue weighted by molar-refractivity contribution is -0.124. The molecular formula is C19H27NO3. The van der Waals surface area contributed by atoms with Crippen LogP contribution in [0.15, 0.2) is 24.3 Å². The van der Waals surface area contributed by atoms with Gasteiger partial charge in [0, 0.05) is 18.0 Å². The van der Waals surface area contributed by atoms with Gasteiger partial charge in [-0.3, -0.25) is 9.59 Å². The number of hydrogen-bond acceptors (Lipinski definition) is 3. The van der Waals surface area contributed by atoms with Crippen molar-refractivity contribution >= 4 is 11.7 Å². The molecule has 0 radical (unpaired) electrons. The molecule has 0 aromatic heterocycles. The monoisotopic (exact) mass is 317 g/mol. The van der Waals surface area contributed by atoms with Crippen LogP contribution in [0.5, 0.6) is 5.75 Å². The maximum atomic E-state index is 12.1. The summed E-state index contributed by atoms with van der Waals surface area (Å²) in [6, 6.07) is 7.20. The van der Waals surface area contributed by atoms with E-state index in [-0.39, 0.29) is 24.3 Å². The molecule has 1 N–H and O–H groups in total. The maximum absolute atomic E-state index is 12.1. The fourth-order valence-corrected chi connectivity index (χ4v) is 3.12. The highest BCUT2D eigenvalue weighted by Gasteiger charge is 2.28. The Balaban J connectivity index is 1.81. The summed E-state index contributed by atoms with van der Waals surface area (Å²) < 4.78 is 5.52. The van der Waals surface area contributed by atoms with Crippen LogP contribution < -0.4 is 10.1 Å². The fraction of sp³-hybridized carbons (Fsp3) is 0.579. The van der Waals surface area contributed by atoms with E-state index in [4.69, 9.17) is 4.74 Å². The minimum atomic E-state index is -0.0790. The van der Waals surface area contributed by atoms with E-state index in [2.05, 4.69) is 19.2 Å². The first kappa shape index (κ1) is 17.5. The Morgan fingerprint density at radius 2 is 1.87 bits per heavy atom. The molecule has 1 saturated carbocycles. The summed E-state index contributed by atoms with van der Waals surface area (Å²) in [4.78, 5) is 23.6. The molecule has 0 heterocycles. The molecule has 3 atom stereocenters. The van der Waals surface area contributed by atoms with E-state index in [1.54, 1.807) is 24.3 Å². The van der Waals surface area contributed by atoms with Crippen molar-refractivity contribution in [3.63, 3.8) is 0 Å². The van der Waals surface area contributed by atoms with E-state index in [1.165, 1.54) is 12.8 Å². The lowest BCUT2D eigenvalue weighted by atomic mass is 9.78. The number of hydrogen-bond donors (Lipinski definition) is 1. The van der Waals surface area contributed by atoms with Crippen LogP contribution in [0.3, 0.4) is 0 Å². The van der Waals surface area contributed by atoms with Crippen LogP contribution in [-0.2, 0) is 4.79 Å². The standard InChI is InChI=1S/C19H27NO3/c1-4-18(21)15-8-10-16(11-9-15)23-12-19(22)20-17-7-5-6-13(2)14(17)3/h8-11,13-14,17H,4-7,12H2,1-3H3,(H,20,22)/t13-,14-,17-/m0/s1. The third kappa shape index (κ3) is 4.81. The molecule has 0 unspecified atom stereocenters. The van der Waals surface area contributed by atoms with Crippen molar-refractivity contribution in [3.05, 3.63) is 29.8 Å². The van der Waals surface area contributed by atoms with E-state index < -0.39 is 0 Å². The molecule has 1 aliphatic carbocycles. The zero-order chi connectivity index (χ0) is 16.8. The smallest absolute Gasteiger partial charge is 0.258 e. The van der Waals surface area contributed by atoms with Gasteiger partial charge in [0.25, 0.3) is 5.91 Å². The highest BCUT2D eigenvalue weighted by atomic mass is 16.5. The van der Waals surface area contributed by atoms with Crippen LogP contribution in [0.4, 0.5) is 0 Å². The van der Waals surface area contributed by atoms with Gasteiger partial charge in [0.2, 0.25) is 0 Å². The molecule has 1 fully saturated rings. The van der Waals surface area contributed by atoms with Crippen molar-refractivity contribution in [2.75, 3.05) is 6.61 Å². The average molecular weight is 317 g/mol. The van der Waals surface area contributed by atoms with Crippen molar-refractivity contribution in [1.29, 1.82) is 0 Å². The van der Waals surface area contributed by atoms with E-state index >= 15 is 0 Å². The van der Waals surface area contributed by atoms with Crippen molar-refractivity contribution < 1.29 is 14.3 Å². The van der Waals surface area contributed by atoms with E-state index in [9.17, 15) is 9.59 Å². The molecule has 0 bridgehead atoms. The van der Waals surface area contributed by atoms with Crippen LogP contribution in [0, 0.1) is 11.8 Å². The lowest BCUT2D eigenvalue weighted by Gasteiger charge is -2.34. The van der Waals surface area contributed by atoms with Crippen molar-refractivity contribution in [2.45, 2.75) is 52.5 Å². The summed E-state index contributed by atoms with van der Waals surface area (Å²) in [6.07, 6.45) is 3.95. The lowest BCUT2D eigenvalue weighted by Crippen LogP contribution is -2.45. The van der Waals surface area contributed by atoms with Crippen LogP contribution in [0.1, 0.15) is 56.8 Å². The second-order valence-corrected chi connectivity index (χ2v) is 6.53. The molecule has 1 aliphatic rings. The van der Waals surface area contributed by atoms with Gasteiger partial charge in [-0.1, -0.05) is 33.6 Å². The molecule has 4 heteroatoms. The molecular weight excluding hydrogens is 290 g/mol. The number of nitrogens with one attached hydrogen (secondary N) is 1. The summed E-state index contributed by atoms with van der Waals surface area (Å²) in [5, 5.41) is 3.09. The number of ketones is 1. The van der Waals surface area contributed by atoms with Crippen LogP contribution in [-0.4, -0.2) is 24.3 Å². The number of carbonyl (C=O) groups is 2. The van der Waals surface area contributed by atoms with Gasteiger partial charge >= 0.3 is 0 Å². The first-order valence-electron chi connectivity index (χ1n) is 8.56. The van der Waals surface area contributed by atoms with Gasteiger partial charge in [-0.05, 0) is 42.5 Å². The number of Topliss-reactive ketones (excluding diaryl/α,β-unsaturated/α-hetero) is 1. The molecule has 0 spiro atoms. The third-order valence-corrected chi connectivity index (χ3v) is 4.92. The number of rotatable bonds is 6. The summed E-state index contributed by atoms with van der Waals surface area (Å²) >= 11 is 0. The average Bonchev–Trinajstić information content (AvgIpc) is 2.57. The highest BCUT2D eigenvalue weighted by molar-refractivity contribution is 5.95. The summed E-state index contributed by atoms with van der Waals surface area (Å²) in [5.41, 5.74) is 0.675. The van der Waals surface area contributed by atoms with Gasteiger partial charge in [0.1, 0.15) is 5.75 Å². The van der Waals surface area contributed by atoms with Crippen molar-refractivity contribution in [2.24, 2.45) is 11.8 Å². The van der Waals surface area contributed by atoms with Gasteiger partial charge in [0.05, 0.1) is 0 Å². The highest BCUT2D eigenvalue weighted by Crippen LogP contribution is 2.29. The maximum Gasteiger partial charge on any atom is 0.258 e. The van der Waals surface area contributed by atoms with Crippen LogP contribution in [0.25, 0.3) is 0 Å². The number of ether oxygens (including phenoxy) is 1. The Bertz CT molecular complexity index is 538. The quantitative estimate of drug-likeness (QED) is 0.816. The molecule has 1 aromatic carbocycles. The molecule has 4 nitrogen and oxygen atoms in total. The van der Waals surface area contributed by atoms with Crippen LogP contribution >= 0.6 is 0 Å². The van der Waals surface area contributed by atoms with Crippen molar-refractivity contribution in [1.82, 2.24) is 5.32 Å². The third-order valence-electron chi connectivity index (χ3n) is 4.92. The fourth-order valence-electron chi connectivity index (χ4n) is 3.12. The van der Waals surface area contributed by atoms with E-state index in [0.29, 0.717) is 29.6 Å². The molecule has 0 aliphatic heterocycles. The minimum absolute atomic E-state index is 0.0126. The van der Waals surface area contributed by atoms with Gasteiger partial charge < -0.3 is 10.1 Å². The van der Waals surface area contributed by atoms with Gasteiger partial charge in [-0.25, -0.2) is 0 Å². The normalized spacial score (nSPS) is 24.0. The molecule has 2 rings (SSSR count). The van der Waals surface area contributed by atoms with Crippen molar-refractivity contribution in [3.8, 4) is 5.75 Å². The Hall–Kier alpha value is -1.84. The van der Waals surface area contributed by atoms with Gasteiger partial charge in [-0.15, -0.1) is 0 Å². The van der Waals surface area contributed by atoms with Gasteiger partial charge in [0.15, 0.2) is 12.4 Å². The Kier molecular flexibility index (Phi) is 6.20. The molecule has 23 heavy (non-hydrogen) atoms. The predicted molar refractivity (Wildman–Crippen MR) is 90.7 cm³/mol. The van der Waals surface area contributed by atoms with E-state index in [1.807, 2.05) is 6.92 Å². The topological polar surface area (TPSA) is 55.4 Å². The zero-order valence-corrected chi connectivity index (χ0v) is 14.3. The molecule has 0 saturated heterocycles. The Morgan fingerprint density at radius 3 is 2.52 bits per heavy atom. The van der Waals surface area contributed by atoms with Gasteiger partial charge in [-0.2, -0.15) is 0 Å². The minimum Gasteiger partial charge on any atom is -0.484 e. The predicted octanol–water partition coefficient (Wildman–Crippen LogP) is 3.60. The molecule has 1 aromatic rings. The second kappa shape index (κ2) is 8.14. The zero-order valence-electron chi connectivity index (χ0n) is 14.3. The van der Waals surface area contributed by atoms with Crippen LogP contribution in [0.2, 0.25) is 0 Å². The summed E-state index contributed by atoms with van der Waals surface area (Å²) in [5.74, 6) is 1.79.